The Hall–Kier alpha value is -1.13. The first kappa shape index (κ1) is 11.0. The van der Waals surface area contributed by atoms with E-state index in [4.69, 9.17) is 17.3 Å². The van der Waals surface area contributed by atoms with E-state index in [-0.39, 0.29) is 5.82 Å². The second-order valence-electron chi connectivity index (χ2n) is 4.16. The molecule has 17 heavy (non-hydrogen) atoms. The van der Waals surface area contributed by atoms with Crippen LogP contribution >= 0.6 is 22.9 Å². The number of anilines is 1. The predicted molar refractivity (Wildman–Crippen MR) is 68.9 cm³/mol. The van der Waals surface area contributed by atoms with E-state index < -0.39 is 0 Å². The van der Waals surface area contributed by atoms with E-state index in [1.54, 1.807) is 12.1 Å². The number of nitrogens with two attached hydrogens (primary N) is 1. The molecular weight excluding hydrogens is 259 g/mol. The quantitative estimate of drug-likeness (QED) is 0.892. The van der Waals surface area contributed by atoms with Gasteiger partial charge in [0.2, 0.25) is 0 Å². The Kier molecular flexibility index (Phi) is 2.56. The van der Waals surface area contributed by atoms with Crippen LogP contribution in [0.4, 0.5) is 9.39 Å². The minimum atomic E-state index is -0.378. The summed E-state index contributed by atoms with van der Waals surface area (Å²) in [4.78, 5) is 4.44. The number of hydrogen-bond donors (Lipinski definition) is 1. The van der Waals surface area contributed by atoms with Crippen LogP contribution in [0.2, 0.25) is 5.02 Å². The molecular formula is C12H10ClFN2S. The van der Waals surface area contributed by atoms with E-state index in [1.807, 2.05) is 0 Å². The Morgan fingerprint density at radius 1 is 1.41 bits per heavy atom. The number of aromatic nitrogens is 1. The number of thiazole rings is 1. The summed E-state index contributed by atoms with van der Waals surface area (Å²) in [6.07, 6.45) is 2.32. The highest BCUT2D eigenvalue weighted by Crippen LogP contribution is 2.45. The van der Waals surface area contributed by atoms with Gasteiger partial charge in [-0.15, -0.1) is 11.3 Å². The smallest absolute Gasteiger partial charge is 0.134 e. The van der Waals surface area contributed by atoms with Gasteiger partial charge in [-0.25, -0.2) is 9.37 Å². The molecule has 3 rings (SSSR count). The number of halogens is 2. The third-order valence-corrected chi connectivity index (χ3v) is 4.06. The van der Waals surface area contributed by atoms with Crippen LogP contribution in [0, 0.1) is 5.82 Å². The van der Waals surface area contributed by atoms with Crippen molar-refractivity contribution >= 4 is 27.9 Å². The molecule has 0 aliphatic heterocycles. The van der Waals surface area contributed by atoms with Crippen LogP contribution in [0.1, 0.15) is 23.8 Å². The lowest BCUT2D eigenvalue weighted by atomic mass is 10.1. The Morgan fingerprint density at radius 2 is 2.18 bits per heavy atom. The van der Waals surface area contributed by atoms with Gasteiger partial charge in [0.25, 0.3) is 0 Å². The number of rotatable bonds is 2. The van der Waals surface area contributed by atoms with Crippen LogP contribution in [0.3, 0.4) is 0 Å². The number of nitrogens with zero attached hydrogens (tertiary/aromatic N) is 1. The largest absolute Gasteiger partial charge is 0.389 e. The third kappa shape index (κ3) is 2.03. The molecule has 0 radical (unpaired) electrons. The van der Waals surface area contributed by atoms with E-state index in [1.165, 1.54) is 17.4 Å². The molecule has 0 atom stereocenters. The highest BCUT2D eigenvalue weighted by atomic mass is 35.5. The summed E-state index contributed by atoms with van der Waals surface area (Å²) in [6, 6.07) is 4.56. The van der Waals surface area contributed by atoms with Gasteiger partial charge in [0.05, 0.1) is 5.01 Å². The molecule has 1 aliphatic carbocycles. The van der Waals surface area contributed by atoms with Crippen LogP contribution in [0.25, 0.3) is 11.3 Å². The Labute approximate surface area is 107 Å². The fraction of sp³-hybridized carbons (Fsp3) is 0.250. The van der Waals surface area contributed by atoms with Gasteiger partial charge < -0.3 is 5.73 Å². The highest BCUT2D eigenvalue weighted by molar-refractivity contribution is 7.16. The van der Waals surface area contributed by atoms with E-state index in [9.17, 15) is 4.39 Å². The van der Waals surface area contributed by atoms with Crippen molar-refractivity contribution in [2.45, 2.75) is 18.8 Å². The van der Waals surface area contributed by atoms with E-state index in [0.29, 0.717) is 27.2 Å². The van der Waals surface area contributed by atoms with E-state index >= 15 is 0 Å². The molecule has 0 amide bonds. The minimum absolute atomic E-state index is 0.377. The molecule has 1 aromatic carbocycles. The Balaban J connectivity index is 2.07. The third-order valence-electron chi connectivity index (χ3n) is 2.78. The summed E-state index contributed by atoms with van der Waals surface area (Å²) in [7, 11) is 0. The van der Waals surface area contributed by atoms with Crippen molar-refractivity contribution < 1.29 is 4.39 Å². The van der Waals surface area contributed by atoms with Crippen molar-refractivity contribution in [1.29, 1.82) is 0 Å². The lowest BCUT2D eigenvalue weighted by Crippen LogP contribution is -1.89. The van der Waals surface area contributed by atoms with Crippen molar-refractivity contribution in [1.82, 2.24) is 4.98 Å². The molecule has 2 aromatic rings. The van der Waals surface area contributed by atoms with Gasteiger partial charge in [-0.2, -0.15) is 0 Å². The number of benzene rings is 1. The maximum Gasteiger partial charge on any atom is 0.134 e. The van der Waals surface area contributed by atoms with Crippen LogP contribution < -0.4 is 5.73 Å². The molecule has 1 aliphatic rings. The van der Waals surface area contributed by atoms with Crippen molar-refractivity contribution in [3.05, 3.63) is 34.0 Å². The van der Waals surface area contributed by atoms with Gasteiger partial charge in [-0.05, 0) is 31.0 Å². The predicted octanol–water partition coefficient (Wildman–Crippen LogP) is 4.06. The average Bonchev–Trinajstić information content (AvgIpc) is 3.04. The molecule has 0 unspecified atom stereocenters. The highest BCUT2D eigenvalue weighted by Gasteiger charge is 2.28. The summed E-state index contributed by atoms with van der Waals surface area (Å²) in [5.41, 5.74) is 6.88. The molecule has 1 saturated carbocycles. The monoisotopic (exact) mass is 268 g/mol. The molecule has 88 valence electrons. The van der Waals surface area contributed by atoms with Gasteiger partial charge in [0.15, 0.2) is 0 Å². The molecule has 5 heteroatoms. The van der Waals surface area contributed by atoms with Gasteiger partial charge in [0, 0.05) is 16.5 Å². The molecule has 2 N–H and O–H groups in total. The topological polar surface area (TPSA) is 38.9 Å². The van der Waals surface area contributed by atoms with E-state index in [0.717, 1.165) is 17.8 Å². The normalized spacial score (nSPS) is 15.2. The molecule has 1 heterocycles. The molecule has 0 spiro atoms. The van der Waals surface area contributed by atoms with Crippen LogP contribution in [0.5, 0.6) is 0 Å². The molecule has 0 bridgehead atoms. The van der Waals surface area contributed by atoms with Crippen molar-refractivity contribution in [2.24, 2.45) is 0 Å². The zero-order chi connectivity index (χ0) is 12.0. The number of nitrogen functional groups attached to an aromatic ring is 1. The lowest BCUT2D eigenvalue weighted by Gasteiger charge is -2.01. The molecule has 0 saturated heterocycles. The summed E-state index contributed by atoms with van der Waals surface area (Å²) >= 11 is 7.18. The van der Waals surface area contributed by atoms with Gasteiger partial charge in [-0.3, -0.25) is 0 Å². The zero-order valence-corrected chi connectivity index (χ0v) is 10.5. The van der Waals surface area contributed by atoms with Gasteiger partial charge >= 0.3 is 0 Å². The van der Waals surface area contributed by atoms with E-state index in [2.05, 4.69) is 4.98 Å². The first-order valence-electron chi connectivity index (χ1n) is 5.37. The fourth-order valence-corrected chi connectivity index (χ4v) is 2.90. The zero-order valence-electron chi connectivity index (χ0n) is 8.91. The summed E-state index contributed by atoms with van der Waals surface area (Å²) in [6.45, 7) is 0. The first-order chi connectivity index (χ1) is 8.15. The van der Waals surface area contributed by atoms with Gasteiger partial charge in [0.1, 0.15) is 16.5 Å². The summed E-state index contributed by atoms with van der Waals surface area (Å²) < 4.78 is 13.8. The maximum atomic E-state index is 13.8. The number of hydrogen-bond acceptors (Lipinski definition) is 3. The van der Waals surface area contributed by atoms with Crippen molar-refractivity contribution in [2.75, 3.05) is 5.73 Å². The van der Waals surface area contributed by atoms with Crippen molar-refractivity contribution in [3.8, 4) is 11.3 Å². The maximum absolute atomic E-state index is 13.8. The minimum Gasteiger partial charge on any atom is -0.389 e. The molecule has 1 fully saturated rings. The van der Waals surface area contributed by atoms with Crippen LogP contribution in [-0.2, 0) is 0 Å². The lowest BCUT2D eigenvalue weighted by molar-refractivity contribution is 0.631. The molecule has 1 aromatic heterocycles. The Morgan fingerprint density at radius 3 is 2.82 bits per heavy atom. The first-order valence-corrected chi connectivity index (χ1v) is 6.56. The second kappa shape index (κ2) is 3.96. The average molecular weight is 269 g/mol. The standard InChI is InChI=1S/C12H10ClFN2S/c13-7-3-4-8(9(14)5-7)10-11(15)17-12(16-10)6-1-2-6/h3-6H,1-2,15H2. The Bertz CT molecular complexity index is 578. The SMILES string of the molecule is Nc1sc(C2CC2)nc1-c1ccc(Cl)cc1F. The summed E-state index contributed by atoms with van der Waals surface area (Å²) in [5.74, 6) is 0.156. The molecule has 2 nitrogen and oxygen atoms in total. The fourth-order valence-electron chi connectivity index (χ4n) is 1.73. The van der Waals surface area contributed by atoms with Gasteiger partial charge in [-0.1, -0.05) is 11.6 Å². The van der Waals surface area contributed by atoms with Crippen LogP contribution in [0.15, 0.2) is 18.2 Å². The summed E-state index contributed by atoms with van der Waals surface area (Å²) in [5, 5.41) is 1.97. The van der Waals surface area contributed by atoms with Crippen LogP contribution in [-0.4, -0.2) is 4.98 Å². The second-order valence-corrected chi connectivity index (χ2v) is 5.66. The van der Waals surface area contributed by atoms with Crippen molar-refractivity contribution in [3.63, 3.8) is 0 Å².